The van der Waals surface area contributed by atoms with E-state index < -0.39 is 0 Å². The predicted octanol–water partition coefficient (Wildman–Crippen LogP) is 3.71. The highest BCUT2D eigenvalue weighted by atomic mass is 15.2. The van der Waals surface area contributed by atoms with Crippen LogP contribution in [-0.4, -0.2) is 18.1 Å². The quantitative estimate of drug-likeness (QED) is 0.926. The number of nitrogens with zero attached hydrogens (tertiary/aromatic N) is 2. The lowest BCUT2D eigenvalue weighted by atomic mass is 9.94. The Morgan fingerprint density at radius 2 is 2.05 bits per heavy atom. The summed E-state index contributed by atoms with van der Waals surface area (Å²) in [4.78, 5) is 7.16. The Balaban J connectivity index is 1.83. The monoisotopic (exact) mass is 281 g/mol. The number of anilines is 2. The van der Waals surface area contributed by atoms with Gasteiger partial charge in [-0.15, -0.1) is 0 Å². The fraction of sp³-hybridized carbons (Fsp3) is 0.389. The summed E-state index contributed by atoms with van der Waals surface area (Å²) >= 11 is 0. The summed E-state index contributed by atoms with van der Waals surface area (Å²) in [7, 11) is 0. The Morgan fingerprint density at radius 1 is 1.19 bits per heavy atom. The second-order valence-electron chi connectivity index (χ2n) is 5.86. The number of aromatic nitrogens is 1. The summed E-state index contributed by atoms with van der Waals surface area (Å²) in [5.74, 6) is 1.66. The van der Waals surface area contributed by atoms with Crippen LogP contribution in [0.5, 0.6) is 0 Å². The Kier molecular flexibility index (Phi) is 4.09. The molecule has 21 heavy (non-hydrogen) atoms. The summed E-state index contributed by atoms with van der Waals surface area (Å²) in [5, 5.41) is 3.28. The van der Waals surface area contributed by atoms with E-state index in [0.29, 0.717) is 5.92 Å². The highest BCUT2D eigenvalue weighted by Crippen LogP contribution is 2.30. The molecule has 1 unspecified atom stereocenters. The summed E-state index contributed by atoms with van der Waals surface area (Å²) in [6.45, 7) is 7.30. The van der Waals surface area contributed by atoms with Gasteiger partial charge in [0.05, 0.1) is 12.2 Å². The molecule has 0 radical (unpaired) electrons. The van der Waals surface area contributed by atoms with E-state index in [2.05, 4.69) is 60.5 Å². The summed E-state index contributed by atoms with van der Waals surface area (Å²) < 4.78 is 0. The molecule has 3 nitrogen and oxygen atoms in total. The van der Waals surface area contributed by atoms with Gasteiger partial charge in [-0.3, -0.25) is 0 Å². The summed E-state index contributed by atoms with van der Waals surface area (Å²) in [6, 6.07) is 15.0. The largest absolute Gasteiger partial charge is 0.370 e. The number of nitrogens with one attached hydrogen (secondary N) is 1. The van der Waals surface area contributed by atoms with Crippen LogP contribution >= 0.6 is 0 Å². The first-order valence-electron chi connectivity index (χ1n) is 7.79. The third-order valence-electron chi connectivity index (χ3n) is 3.95. The Bertz CT molecular complexity index is 609. The molecule has 0 aliphatic carbocycles. The van der Waals surface area contributed by atoms with Crippen LogP contribution in [0.4, 0.5) is 11.5 Å². The van der Waals surface area contributed by atoms with E-state index >= 15 is 0 Å². The molecule has 1 aromatic heterocycles. The molecule has 110 valence electrons. The fourth-order valence-electron chi connectivity index (χ4n) is 3.10. The van der Waals surface area contributed by atoms with Crippen LogP contribution in [0.25, 0.3) is 0 Å². The molecule has 2 heterocycles. The van der Waals surface area contributed by atoms with Crippen LogP contribution < -0.4 is 10.2 Å². The first-order valence-corrected chi connectivity index (χ1v) is 7.79. The third-order valence-corrected chi connectivity index (χ3v) is 3.95. The van der Waals surface area contributed by atoms with E-state index in [4.69, 9.17) is 4.98 Å². The van der Waals surface area contributed by atoms with Gasteiger partial charge in [-0.25, -0.2) is 4.98 Å². The van der Waals surface area contributed by atoms with Gasteiger partial charge >= 0.3 is 0 Å². The standard InChI is InChI=1S/C18H23N3/c1-3-19-18-10-6-8-16(20-18)13-21-12-14(2)11-15-7-4-5-9-17(15)21/h4-10,14H,3,11-13H2,1-2H3,(H,19,20). The maximum atomic E-state index is 4.70. The fourth-order valence-corrected chi connectivity index (χ4v) is 3.10. The molecule has 0 fully saturated rings. The van der Waals surface area contributed by atoms with Gasteiger partial charge in [-0.05, 0) is 43.0 Å². The Labute approximate surface area is 127 Å². The molecular weight excluding hydrogens is 258 g/mol. The summed E-state index contributed by atoms with van der Waals surface area (Å²) in [5.41, 5.74) is 3.95. The smallest absolute Gasteiger partial charge is 0.126 e. The second kappa shape index (κ2) is 6.17. The number of hydrogen-bond donors (Lipinski definition) is 1. The molecule has 2 aromatic rings. The molecule has 3 rings (SSSR count). The molecule has 0 spiro atoms. The third kappa shape index (κ3) is 3.18. The molecule has 3 heteroatoms. The highest BCUT2D eigenvalue weighted by molar-refractivity contribution is 5.56. The molecule has 0 amide bonds. The Morgan fingerprint density at radius 3 is 2.90 bits per heavy atom. The van der Waals surface area contributed by atoms with Crippen molar-refractivity contribution >= 4 is 11.5 Å². The molecule has 0 saturated carbocycles. The molecule has 1 aliphatic heterocycles. The number of hydrogen-bond acceptors (Lipinski definition) is 3. The average Bonchev–Trinajstić information content (AvgIpc) is 2.48. The molecule has 1 aliphatic rings. The number of pyridine rings is 1. The summed E-state index contributed by atoms with van der Waals surface area (Å²) in [6.07, 6.45) is 1.18. The molecular formula is C18H23N3. The van der Waals surface area contributed by atoms with E-state index in [1.165, 1.54) is 17.7 Å². The first kappa shape index (κ1) is 13.9. The molecule has 0 saturated heterocycles. The van der Waals surface area contributed by atoms with Crippen molar-refractivity contribution < 1.29 is 0 Å². The average molecular weight is 281 g/mol. The van der Waals surface area contributed by atoms with Crippen LogP contribution in [0.3, 0.4) is 0 Å². The number of rotatable bonds is 4. The minimum Gasteiger partial charge on any atom is -0.370 e. The Hall–Kier alpha value is -2.03. The van der Waals surface area contributed by atoms with Gasteiger partial charge in [0.25, 0.3) is 0 Å². The van der Waals surface area contributed by atoms with Crippen molar-refractivity contribution in [1.82, 2.24) is 4.98 Å². The van der Waals surface area contributed by atoms with Crippen molar-refractivity contribution in [1.29, 1.82) is 0 Å². The van der Waals surface area contributed by atoms with Crippen molar-refractivity contribution in [2.45, 2.75) is 26.8 Å². The zero-order valence-corrected chi connectivity index (χ0v) is 12.8. The van der Waals surface area contributed by atoms with Crippen LogP contribution in [-0.2, 0) is 13.0 Å². The van der Waals surface area contributed by atoms with Crippen molar-refractivity contribution in [2.24, 2.45) is 5.92 Å². The minimum atomic E-state index is 0.692. The predicted molar refractivity (Wildman–Crippen MR) is 88.8 cm³/mol. The number of benzene rings is 1. The lowest BCUT2D eigenvalue weighted by Crippen LogP contribution is -2.34. The van der Waals surface area contributed by atoms with E-state index in [1.54, 1.807) is 0 Å². The van der Waals surface area contributed by atoms with Crippen molar-refractivity contribution in [2.75, 3.05) is 23.3 Å². The van der Waals surface area contributed by atoms with Gasteiger partial charge < -0.3 is 10.2 Å². The van der Waals surface area contributed by atoms with Gasteiger partial charge in [0, 0.05) is 18.8 Å². The normalized spacial score (nSPS) is 17.4. The molecule has 1 atom stereocenters. The van der Waals surface area contributed by atoms with Crippen LogP contribution in [0.2, 0.25) is 0 Å². The van der Waals surface area contributed by atoms with E-state index in [0.717, 1.165) is 31.1 Å². The number of para-hydroxylation sites is 1. The molecule has 1 aromatic carbocycles. The van der Waals surface area contributed by atoms with E-state index in [-0.39, 0.29) is 0 Å². The van der Waals surface area contributed by atoms with Crippen molar-refractivity contribution in [3.63, 3.8) is 0 Å². The van der Waals surface area contributed by atoms with Crippen LogP contribution in [0, 0.1) is 5.92 Å². The van der Waals surface area contributed by atoms with E-state index in [9.17, 15) is 0 Å². The topological polar surface area (TPSA) is 28.2 Å². The maximum absolute atomic E-state index is 4.70. The maximum Gasteiger partial charge on any atom is 0.126 e. The highest BCUT2D eigenvalue weighted by Gasteiger charge is 2.21. The minimum absolute atomic E-state index is 0.692. The van der Waals surface area contributed by atoms with Gasteiger partial charge in [-0.2, -0.15) is 0 Å². The van der Waals surface area contributed by atoms with Crippen molar-refractivity contribution in [3.05, 3.63) is 53.7 Å². The van der Waals surface area contributed by atoms with Gasteiger partial charge in [0.1, 0.15) is 5.82 Å². The molecule has 1 N–H and O–H groups in total. The zero-order valence-electron chi connectivity index (χ0n) is 12.8. The SMILES string of the molecule is CCNc1cccc(CN2CC(C)Cc3ccccc32)n1. The second-order valence-corrected chi connectivity index (χ2v) is 5.86. The number of fused-ring (bicyclic) bond motifs is 1. The molecule has 0 bridgehead atoms. The first-order chi connectivity index (χ1) is 10.3. The van der Waals surface area contributed by atoms with Crippen LogP contribution in [0.1, 0.15) is 25.1 Å². The van der Waals surface area contributed by atoms with Crippen LogP contribution in [0.15, 0.2) is 42.5 Å². The van der Waals surface area contributed by atoms with E-state index in [1.807, 2.05) is 6.07 Å². The zero-order chi connectivity index (χ0) is 14.7. The van der Waals surface area contributed by atoms with Gasteiger partial charge in [0.15, 0.2) is 0 Å². The van der Waals surface area contributed by atoms with Gasteiger partial charge in [0.2, 0.25) is 0 Å². The lowest BCUT2D eigenvalue weighted by molar-refractivity contribution is 0.528. The van der Waals surface area contributed by atoms with Crippen molar-refractivity contribution in [3.8, 4) is 0 Å². The van der Waals surface area contributed by atoms with Gasteiger partial charge in [-0.1, -0.05) is 31.2 Å². The lowest BCUT2D eigenvalue weighted by Gasteiger charge is -2.34.